The molecule has 0 aliphatic rings. The fraction of sp³-hybridized carbons (Fsp3) is 0.381. The Morgan fingerprint density at radius 1 is 1.08 bits per heavy atom. The Hall–Kier alpha value is -2.49. The predicted octanol–water partition coefficient (Wildman–Crippen LogP) is 4.06. The molecule has 0 atom stereocenters. The highest BCUT2D eigenvalue weighted by Gasteiger charge is 2.18. The van der Waals surface area contributed by atoms with Crippen molar-refractivity contribution in [3.8, 4) is 5.75 Å². The molecule has 0 fully saturated rings. The molecule has 2 aromatic carbocycles. The normalized spacial score (nSPS) is 11.1. The molecule has 0 unspecified atom stereocenters. The highest BCUT2D eigenvalue weighted by atomic mass is 16.5. The van der Waals surface area contributed by atoms with Gasteiger partial charge in [0.2, 0.25) is 5.91 Å². The lowest BCUT2D eigenvalue weighted by Gasteiger charge is -2.24. The van der Waals surface area contributed by atoms with Crippen LogP contribution in [0.3, 0.4) is 0 Å². The summed E-state index contributed by atoms with van der Waals surface area (Å²) in [6.07, 6.45) is 0. The van der Waals surface area contributed by atoms with Gasteiger partial charge in [0, 0.05) is 24.8 Å². The highest BCUT2D eigenvalue weighted by Crippen LogP contribution is 2.29. The van der Waals surface area contributed by atoms with Crippen molar-refractivity contribution < 1.29 is 9.53 Å². The van der Waals surface area contributed by atoms with E-state index in [1.807, 2.05) is 49.5 Å². The summed E-state index contributed by atoms with van der Waals surface area (Å²) in [6.45, 7) is 7.29. The van der Waals surface area contributed by atoms with Crippen LogP contribution < -0.4 is 10.1 Å². The number of likely N-dealkylation sites (N-methyl/N-ethyl adjacent to an activating group) is 1. The molecular formula is C21H28N2O2. The van der Waals surface area contributed by atoms with Crippen LogP contribution in [0.5, 0.6) is 5.75 Å². The number of anilines is 1. The van der Waals surface area contributed by atoms with E-state index in [2.05, 4.69) is 32.2 Å². The molecule has 134 valence electrons. The van der Waals surface area contributed by atoms with Crippen LogP contribution in [0.15, 0.2) is 48.5 Å². The van der Waals surface area contributed by atoms with Crippen LogP contribution in [0.25, 0.3) is 0 Å². The maximum absolute atomic E-state index is 12.5. The molecule has 0 aliphatic heterocycles. The van der Waals surface area contributed by atoms with Gasteiger partial charge in [0.05, 0.1) is 13.7 Å². The number of nitrogens with one attached hydrogen (secondary N) is 1. The average Bonchev–Trinajstić information content (AvgIpc) is 2.59. The molecule has 25 heavy (non-hydrogen) atoms. The van der Waals surface area contributed by atoms with E-state index in [4.69, 9.17) is 4.74 Å². The molecule has 0 spiro atoms. The third kappa shape index (κ3) is 4.99. The van der Waals surface area contributed by atoms with Crippen molar-refractivity contribution in [1.82, 2.24) is 4.90 Å². The van der Waals surface area contributed by atoms with Gasteiger partial charge < -0.3 is 15.0 Å². The van der Waals surface area contributed by atoms with E-state index in [-0.39, 0.29) is 17.9 Å². The summed E-state index contributed by atoms with van der Waals surface area (Å²) in [5, 5.41) is 3.29. The molecule has 4 heteroatoms. The Labute approximate surface area is 150 Å². The third-order valence-corrected chi connectivity index (χ3v) is 4.19. The van der Waals surface area contributed by atoms with Gasteiger partial charge >= 0.3 is 0 Å². The van der Waals surface area contributed by atoms with Crippen molar-refractivity contribution in [3.05, 3.63) is 59.7 Å². The second-order valence-electron chi connectivity index (χ2n) is 7.21. The Balaban J connectivity index is 2.01. The number of rotatable bonds is 6. The predicted molar refractivity (Wildman–Crippen MR) is 103 cm³/mol. The lowest BCUT2D eigenvalue weighted by molar-refractivity contribution is -0.128. The zero-order chi connectivity index (χ0) is 18.4. The van der Waals surface area contributed by atoms with Gasteiger partial charge in [-0.3, -0.25) is 4.79 Å². The Morgan fingerprint density at radius 3 is 2.40 bits per heavy atom. The minimum absolute atomic E-state index is 0.0238. The van der Waals surface area contributed by atoms with Crippen LogP contribution in [-0.2, 0) is 16.8 Å². The molecule has 0 saturated heterocycles. The van der Waals surface area contributed by atoms with Crippen molar-refractivity contribution in [2.75, 3.05) is 26.0 Å². The van der Waals surface area contributed by atoms with E-state index < -0.39 is 0 Å². The van der Waals surface area contributed by atoms with Crippen LogP contribution in [0.4, 0.5) is 5.69 Å². The van der Waals surface area contributed by atoms with E-state index in [1.54, 1.807) is 12.0 Å². The van der Waals surface area contributed by atoms with Crippen molar-refractivity contribution in [3.63, 3.8) is 0 Å². The number of methoxy groups -OCH3 is 1. The minimum Gasteiger partial charge on any atom is -0.496 e. The smallest absolute Gasteiger partial charge is 0.241 e. The molecule has 2 aromatic rings. The molecule has 0 aromatic heterocycles. The number of nitrogens with zero attached hydrogens (tertiary/aromatic N) is 1. The van der Waals surface area contributed by atoms with E-state index in [9.17, 15) is 4.79 Å². The number of carbonyl (C=O) groups excluding carboxylic acids is 1. The van der Waals surface area contributed by atoms with Gasteiger partial charge in [-0.25, -0.2) is 0 Å². The van der Waals surface area contributed by atoms with E-state index in [0.29, 0.717) is 6.54 Å². The number of hydrogen-bond acceptors (Lipinski definition) is 3. The lowest BCUT2D eigenvalue weighted by atomic mass is 9.86. The fourth-order valence-corrected chi connectivity index (χ4v) is 2.77. The van der Waals surface area contributed by atoms with Gasteiger partial charge in [0.25, 0.3) is 0 Å². The fourth-order valence-electron chi connectivity index (χ4n) is 2.77. The SMILES string of the molecule is COc1ccccc1CN(C)C(=O)CNc1ccccc1C(C)(C)C. The number of carbonyl (C=O) groups is 1. The molecule has 0 radical (unpaired) electrons. The molecule has 1 amide bonds. The van der Waals surface area contributed by atoms with Crippen molar-refractivity contribution in [2.45, 2.75) is 32.7 Å². The van der Waals surface area contributed by atoms with E-state index in [0.717, 1.165) is 17.0 Å². The number of benzene rings is 2. The Kier molecular flexibility index (Phi) is 6.07. The molecule has 4 nitrogen and oxygen atoms in total. The van der Waals surface area contributed by atoms with Crippen molar-refractivity contribution in [1.29, 1.82) is 0 Å². The third-order valence-electron chi connectivity index (χ3n) is 4.19. The van der Waals surface area contributed by atoms with E-state index >= 15 is 0 Å². The molecule has 0 aliphatic carbocycles. The second-order valence-corrected chi connectivity index (χ2v) is 7.21. The summed E-state index contributed by atoms with van der Waals surface area (Å²) in [5.74, 6) is 0.836. The summed E-state index contributed by atoms with van der Waals surface area (Å²) < 4.78 is 5.35. The summed E-state index contributed by atoms with van der Waals surface area (Å²) in [5.41, 5.74) is 3.23. The molecular weight excluding hydrogens is 312 g/mol. The van der Waals surface area contributed by atoms with Crippen LogP contribution in [0.2, 0.25) is 0 Å². The summed E-state index contributed by atoms with van der Waals surface area (Å²) >= 11 is 0. The monoisotopic (exact) mass is 340 g/mol. The van der Waals surface area contributed by atoms with Crippen molar-refractivity contribution >= 4 is 11.6 Å². The number of hydrogen-bond donors (Lipinski definition) is 1. The Morgan fingerprint density at radius 2 is 1.72 bits per heavy atom. The van der Waals surface area contributed by atoms with Gasteiger partial charge in [0.1, 0.15) is 5.75 Å². The Bertz CT molecular complexity index is 720. The molecule has 2 rings (SSSR count). The highest BCUT2D eigenvalue weighted by molar-refractivity contribution is 5.81. The topological polar surface area (TPSA) is 41.6 Å². The maximum Gasteiger partial charge on any atom is 0.241 e. The van der Waals surface area contributed by atoms with Crippen LogP contribution >= 0.6 is 0 Å². The quantitative estimate of drug-likeness (QED) is 0.862. The van der Waals surface area contributed by atoms with Gasteiger partial charge in [-0.1, -0.05) is 57.2 Å². The molecule has 0 saturated carbocycles. The zero-order valence-electron chi connectivity index (χ0n) is 15.8. The van der Waals surface area contributed by atoms with E-state index in [1.165, 1.54) is 5.56 Å². The van der Waals surface area contributed by atoms with Crippen LogP contribution in [0, 0.1) is 0 Å². The molecule has 1 N–H and O–H groups in total. The van der Waals surface area contributed by atoms with Gasteiger partial charge in [-0.2, -0.15) is 0 Å². The molecule has 0 heterocycles. The lowest BCUT2D eigenvalue weighted by Crippen LogP contribution is -2.32. The maximum atomic E-state index is 12.5. The summed E-state index contributed by atoms with van der Waals surface area (Å²) in [4.78, 5) is 14.2. The summed E-state index contributed by atoms with van der Waals surface area (Å²) in [7, 11) is 3.46. The average molecular weight is 340 g/mol. The second kappa shape index (κ2) is 8.06. The summed E-state index contributed by atoms with van der Waals surface area (Å²) in [6, 6.07) is 15.9. The first-order chi connectivity index (χ1) is 11.8. The first-order valence-electron chi connectivity index (χ1n) is 8.52. The first-order valence-corrected chi connectivity index (χ1v) is 8.52. The van der Waals surface area contributed by atoms with Crippen LogP contribution in [0.1, 0.15) is 31.9 Å². The van der Waals surface area contributed by atoms with Crippen LogP contribution in [-0.4, -0.2) is 31.5 Å². The van der Waals surface area contributed by atoms with Gasteiger partial charge in [-0.15, -0.1) is 0 Å². The van der Waals surface area contributed by atoms with Gasteiger partial charge in [-0.05, 0) is 23.1 Å². The first kappa shape index (κ1) is 18.8. The number of amides is 1. The minimum atomic E-state index is 0.0238. The number of para-hydroxylation sites is 2. The number of ether oxygens (including phenoxy) is 1. The van der Waals surface area contributed by atoms with Crippen molar-refractivity contribution in [2.24, 2.45) is 0 Å². The zero-order valence-corrected chi connectivity index (χ0v) is 15.8. The largest absolute Gasteiger partial charge is 0.496 e. The van der Waals surface area contributed by atoms with Gasteiger partial charge in [0.15, 0.2) is 0 Å². The standard InChI is InChI=1S/C21H28N2O2/c1-21(2,3)17-11-7-8-12-18(17)22-14-20(24)23(4)15-16-10-6-9-13-19(16)25-5/h6-13,22H,14-15H2,1-5H3. The molecule has 0 bridgehead atoms.